The molecule has 0 amide bonds. The van der Waals surface area contributed by atoms with Crippen LogP contribution in [0.2, 0.25) is 0 Å². The Morgan fingerprint density at radius 1 is 1.36 bits per heavy atom. The average molecular weight is 260 g/mol. The molecule has 1 atom stereocenters. The van der Waals surface area contributed by atoms with Gasteiger partial charge in [-0.15, -0.1) is 0 Å². The van der Waals surface area contributed by atoms with Gasteiger partial charge in [0.15, 0.2) is 0 Å². The van der Waals surface area contributed by atoms with Crippen molar-refractivity contribution in [1.29, 1.82) is 0 Å². The Labute approximate surface area is 92.0 Å². The standard InChI is InChI=1S/C10H14BrNO2/c11-5-6-14-9-3-1-8(2-4-9)10(12)7-13/h1-4,10,13H,5-7,12H2. The van der Waals surface area contributed by atoms with Gasteiger partial charge in [-0.25, -0.2) is 0 Å². The highest BCUT2D eigenvalue weighted by atomic mass is 79.9. The number of hydrogen-bond acceptors (Lipinski definition) is 3. The predicted molar refractivity (Wildman–Crippen MR) is 59.7 cm³/mol. The molecule has 1 rings (SSSR count). The van der Waals surface area contributed by atoms with Gasteiger partial charge in [0, 0.05) is 5.33 Å². The summed E-state index contributed by atoms with van der Waals surface area (Å²) in [5.74, 6) is 0.818. The molecule has 0 bridgehead atoms. The second-order valence-corrected chi connectivity index (χ2v) is 3.69. The molecule has 0 radical (unpaired) electrons. The number of alkyl halides is 1. The summed E-state index contributed by atoms with van der Waals surface area (Å²) in [7, 11) is 0. The second kappa shape index (κ2) is 6.01. The van der Waals surface area contributed by atoms with Crippen LogP contribution < -0.4 is 10.5 Å². The minimum Gasteiger partial charge on any atom is -0.493 e. The van der Waals surface area contributed by atoms with E-state index in [2.05, 4.69) is 15.9 Å². The first-order valence-corrected chi connectivity index (χ1v) is 5.55. The van der Waals surface area contributed by atoms with Gasteiger partial charge in [-0.1, -0.05) is 28.1 Å². The molecule has 0 saturated carbocycles. The number of rotatable bonds is 5. The molecular formula is C10H14BrNO2. The molecule has 3 nitrogen and oxygen atoms in total. The van der Waals surface area contributed by atoms with Crippen molar-refractivity contribution in [3.63, 3.8) is 0 Å². The third kappa shape index (κ3) is 3.29. The zero-order valence-electron chi connectivity index (χ0n) is 7.82. The Balaban J connectivity index is 2.59. The Hall–Kier alpha value is -0.580. The van der Waals surface area contributed by atoms with E-state index in [0.29, 0.717) is 6.61 Å². The van der Waals surface area contributed by atoms with Gasteiger partial charge in [0.1, 0.15) is 5.75 Å². The lowest BCUT2D eigenvalue weighted by Crippen LogP contribution is -2.14. The number of halogens is 1. The van der Waals surface area contributed by atoms with E-state index in [-0.39, 0.29) is 12.6 Å². The number of ether oxygens (including phenoxy) is 1. The SMILES string of the molecule is NC(CO)c1ccc(OCCBr)cc1. The Morgan fingerprint density at radius 2 is 2.00 bits per heavy atom. The van der Waals surface area contributed by atoms with E-state index < -0.39 is 0 Å². The fourth-order valence-corrected chi connectivity index (χ4v) is 1.23. The van der Waals surface area contributed by atoms with Gasteiger partial charge in [0.25, 0.3) is 0 Å². The van der Waals surface area contributed by atoms with Crippen LogP contribution in [0.5, 0.6) is 5.75 Å². The minimum absolute atomic E-state index is 0.0401. The zero-order chi connectivity index (χ0) is 10.4. The second-order valence-electron chi connectivity index (χ2n) is 2.90. The lowest BCUT2D eigenvalue weighted by Gasteiger charge is -2.09. The molecule has 0 saturated heterocycles. The monoisotopic (exact) mass is 259 g/mol. The number of nitrogens with two attached hydrogens (primary N) is 1. The van der Waals surface area contributed by atoms with E-state index in [1.54, 1.807) is 0 Å². The Morgan fingerprint density at radius 3 is 2.50 bits per heavy atom. The molecule has 0 aliphatic heterocycles. The minimum atomic E-state index is -0.305. The van der Waals surface area contributed by atoms with Crippen molar-refractivity contribution in [2.75, 3.05) is 18.5 Å². The molecule has 0 fully saturated rings. The van der Waals surface area contributed by atoms with Gasteiger partial charge in [0.05, 0.1) is 19.3 Å². The van der Waals surface area contributed by atoms with Crippen molar-refractivity contribution >= 4 is 15.9 Å². The van der Waals surface area contributed by atoms with Crippen molar-refractivity contribution < 1.29 is 9.84 Å². The summed E-state index contributed by atoms with van der Waals surface area (Å²) < 4.78 is 5.37. The van der Waals surface area contributed by atoms with E-state index in [0.717, 1.165) is 16.6 Å². The van der Waals surface area contributed by atoms with Gasteiger partial charge in [-0.05, 0) is 17.7 Å². The number of aliphatic hydroxyl groups is 1. The van der Waals surface area contributed by atoms with Crippen LogP contribution in [0.15, 0.2) is 24.3 Å². The summed E-state index contributed by atoms with van der Waals surface area (Å²) in [6.07, 6.45) is 0. The molecule has 0 heterocycles. The highest BCUT2D eigenvalue weighted by Gasteiger charge is 2.03. The van der Waals surface area contributed by atoms with Gasteiger partial charge in [0.2, 0.25) is 0 Å². The third-order valence-electron chi connectivity index (χ3n) is 1.85. The average Bonchev–Trinajstić information content (AvgIpc) is 2.26. The van der Waals surface area contributed by atoms with Crippen LogP contribution >= 0.6 is 15.9 Å². The summed E-state index contributed by atoms with van der Waals surface area (Å²) in [6.45, 7) is 0.604. The van der Waals surface area contributed by atoms with E-state index >= 15 is 0 Å². The first kappa shape index (κ1) is 11.5. The molecule has 1 unspecified atom stereocenters. The van der Waals surface area contributed by atoms with Crippen molar-refractivity contribution in [3.8, 4) is 5.75 Å². The molecular weight excluding hydrogens is 246 g/mol. The van der Waals surface area contributed by atoms with Gasteiger partial charge >= 0.3 is 0 Å². The van der Waals surface area contributed by atoms with Crippen molar-refractivity contribution in [2.24, 2.45) is 5.73 Å². The first-order valence-electron chi connectivity index (χ1n) is 4.43. The van der Waals surface area contributed by atoms with Crippen molar-refractivity contribution in [1.82, 2.24) is 0 Å². The molecule has 0 aliphatic rings. The molecule has 0 aliphatic carbocycles. The molecule has 4 heteroatoms. The van der Waals surface area contributed by atoms with Gasteiger partial charge < -0.3 is 15.6 Å². The molecule has 1 aromatic rings. The maximum atomic E-state index is 8.84. The van der Waals surface area contributed by atoms with Crippen LogP contribution in [-0.2, 0) is 0 Å². The Kier molecular flexibility index (Phi) is 4.93. The maximum absolute atomic E-state index is 8.84. The van der Waals surface area contributed by atoms with E-state index in [4.69, 9.17) is 15.6 Å². The molecule has 14 heavy (non-hydrogen) atoms. The predicted octanol–water partition coefficient (Wildman–Crippen LogP) is 1.45. The summed E-state index contributed by atoms with van der Waals surface area (Å²) in [6, 6.07) is 7.14. The molecule has 0 spiro atoms. The number of aliphatic hydroxyl groups excluding tert-OH is 1. The third-order valence-corrected chi connectivity index (χ3v) is 2.17. The fourth-order valence-electron chi connectivity index (χ4n) is 1.07. The highest BCUT2D eigenvalue weighted by Crippen LogP contribution is 2.16. The Bertz CT molecular complexity index is 263. The highest BCUT2D eigenvalue weighted by molar-refractivity contribution is 9.09. The molecule has 78 valence electrons. The van der Waals surface area contributed by atoms with Gasteiger partial charge in [-0.2, -0.15) is 0 Å². The topological polar surface area (TPSA) is 55.5 Å². The normalized spacial score (nSPS) is 12.5. The maximum Gasteiger partial charge on any atom is 0.119 e. The molecule has 1 aromatic carbocycles. The lowest BCUT2D eigenvalue weighted by molar-refractivity contribution is 0.268. The smallest absolute Gasteiger partial charge is 0.119 e. The lowest BCUT2D eigenvalue weighted by atomic mass is 10.1. The van der Waals surface area contributed by atoms with Gasteiger partial charge in [-0.3, -0.25) is 0 Å². The van der Waals surface area contributed by atoms with E-state index in [1.165, 1.54) is 0 Å². The van der Waals surface area contributed by atoms with Crippen molar-refractivity contribution in [2.45, 2.75) is 6.04 Å². The quantitative estimate of drug-likeness (QED) is 0.788. The van der Waals surface area contributed by atoms with E-state index in [9.17, 15) is 0 Å². The van der Waals surface area contributed by atoms with Crippen LogP contribution in [-0.4, -0.2) is 23.7 Å². The largest absolute Gasteiger partial charge is 0.493 e. The number of hydrogen-bond donors (Lipinski definition) is 2. The van der Waals surface area contributed by atoms with Crippen LogP contribution in [0, 0.1) is 0 Å². The molecule has 0 aromatic heterocycles. The van der Waals surface area contributed by atoms with Crippen LogP contribution in [0.3, 0.4) is 0 Å². The van der Waals surface area contributed by atoms with Crippen LogP contribution in [0.4, 0.5) is 0 Å². The summed E-state index contributed by atoms with van der Waals surface area (Å²) in [4.78, 5) is 0. The van der Waals surface area contributed by atoms with E-state index in [1.807, 2.05) is 24.3 Å². The summed E-state index contributed by atoms with van der Waals surface area (Å²) >= 11 is 3.28. The zero-order valence-corrected chi connectivity index (χ0v) is 9.40. The fraction of sp³-hybridized carbons (Fsp3) is 0.400. The van der Waals surface area contributed by atoms with Crippen LogP contribution in [0.25, 0.3) is 0 Å². The summed E-state index contributed by atoms with van der Waals surface area (Å²) in [5, 5.41) is 9.65. The van der Waals surface area contributed by atoms with Crippen molar-refractivity contribution in [3.05, 3.63) is 29.8 Å². The van der Waals surface area contributed by atoms with Crippen LogP contribution in [0.1, 0.15) is 11.6 Å². The number of benzene rings is 1. The first-order chi connectivity index (χ1) is 6.77. The summed E-state index contributed by atoms with van der Waals surface area (Å²) in [5.41, 5.74) is 6.56. The molecule has 3 N–H and O–H groups in total.